The number of likely N-dealkylation sites (tertiary alicyclic amines) is 1. The van der Waals surface area contributed by atoms with Gasteiger partial charge in [-0.05, 0) is 6.07 Å². The van der Waals surface area contributed by atoms with Crippen LogP contribution in [0.25, 0.3) is 10.9 Å². The van der Waals surface area contributed by atoms with Crippen molar-refractivity contribution in [2.24, 2.45) is 0 Å². The normalized spacial score (nSPS) is 16.4. The third kappa shape index (κ3) is 3.73. The molecular weight excluding hydrogens is 362 g/mol. The Hall–Kier alpha value is -3.05. The molecule has 1 unspecified atom stereocenters. The number of benzene rings is 1. The summed E-state index contributed by atoms with van der Waals surface area (Å²) in [6.45, 7) is 1.13. The van der Waals surface area contributed by atoms with Gasteiger partial charge >= 0.3 is 0 Å². The van der Waals surface area contributed by atoms with Gasteiger partial charge in [0, 0.05) is 47.4 Å². The SMILES string of the molecule is N#Cc1nccnc1OC1CCN(C(=O)CSc2c[nH]c3ccccc23)C1. The van der Waals surface area contributed by atoms with Crippen molar-refractivity contribution >= 4 is 28.6 Å². The molecule has 136 valence electrons. The Morgan fingerprint density at radius 2 is 2.22 bits per heavy atom. The van der Waals surface area contributed by atoms with E-state index >= 15 is 0 Å². The lowest BCUT2D eigenvalue weighted by Gasteiger charge is -2.16. The number of carbonyl (C=O) groups is 1. The van der Waals surface area contributed by atoms with Gasteiger partial charge in [0.2, 0.25) is 11.6 Å². The fourth-order valence-corrected chi connectivity index (χ4v) is 4.03. The van der Waals surface area contributed by atoms with Crippen molar-refractivity contribution in [3.8, 4) is 11.9 Å². The van der Waals surface area contributed by atoms with Gasteiger partial charge in [-0.15, -0.1) is 11.8 Å². The maximum atomic E-state index is 12.6. The van der Waals surface area contributed by atoms with Gasteiger partial charge < -0.3 is 14.6 Å². The molecule has 1 aliphatic heterocycles. The number of nitrogens with one attached hydrogen (secondary N) is 1. The summed E-state index contributed by atoms with van der Waals surface area (Å²) in [6.07, 6.45) is 5.43. The molecular formula is C19H17N5O2S. The first-order chi connectivity index (χ1) is 13.2. The Balaban J connectivity index is 1.33. The van der Waals surface area contributed by atoms with Crippen molar-refractivity contribution in [1.29, 1.82) is 5.26 Å². The second kappa shape index (κ2) is 7.68. The van der Waals surface area contributed by atoms with Gasteiger partial charge in [0.25, 0.3) is 5.88 Å². The average molecular weight is 379 g/mol. The Morgan fingerprint density at radius 3 is 3.11 bits per heavy atom. The number of nitriles is 1. The lowest BCUT2D eigenvalue weighted by molar-refractivity contribution is -0.127. The van der Waals surface area contributed by atoms with Crippen LogP contribution in [-0.2, 0) is 4.79 Å². The monoisotopic (exact) mass is 379 g/mol. The van der Waals surface area contributed by atoms with Crippen LogP contribution in [0.15, 0.2) is 47.8 Å². The predicted molar refractivity (Wildman–Crippen MR) is 101 cm³/mol. The van der Waals surface area contributed by atoms with Crippen LogP contribution in [0.2, 0.25) is 0 Å². The minimum atomic E-state index is -0.171. The molecule has 0 aliphatic carbocycles. The van der Waals surface area contributed by atoms with Crippen molar-refractivity contribution in [2.75, 3.05) is 18.8 Å². The Kier molecular flexibility index (Phi) is 4.94. The van der Waals surface area contributed by atoms with Crippen LogP contribution in [0, 0.1) is 11.3 Å². The van der Waals surface area contributed by atoms with E-state index in [-0.39, 0.29) is 23.6 Å². The number of rotatable bonds is 5. The van der Waals surface area contributed by atoms with Gasteiger partial charge in [-0.1, -0.05) is 18.2 Å². The minimum absolute atomic E-state index is 0.0797. The summed E-state index contributed by atoms with van der Waals surface area (Å²) in [5.74, 6) is 0.687. The minimum Gasteiger partial charge on any atom is -0.470 e. The van der Waals surface area contributed by atoms with E-state index in [2.05, 4.69) is 15.0 Å². The van der Waals surface area contributed by atoms with E-state index in [9.17, 15) is 4.79 Å². The molecule has 0 radical (unpaired) electrons. The molecule has 8 heteroatoms. The zero-order valence-electron chi connectivity index (χ0n) is 14.5. The van der Waals surface area contributed by atoms with Crippen molar-refractivity contribution in [3.05, 3.63) is 48.5 Å². The van der Waals surface area contributed by atoms with Crippen LogP contribution in [0.5, 0.6) is 5.88 Å². The van der Waals surface area contributed by atoms with Crippen LogP contribution < -0.4 is 4.74 Å². The lowest BCUT2D eigenvalue weighted by atomic mass is 10.2. The van der Waals surface area contributed by atoms with E-state index < -0.39 is 0 Å². The maximum absolute atomic E-state index is 12.6. The molecule has 3 heterocycles. The lowest BCUT2D eigenvalue weighted by Crippen LogP contribution is -2.32. The molecule has 0 spiro atoms. The van der Waals surface area contributed by atoms with Crippen LogP contribution in [0.3, 0.4) is 0 Å². The summed E-state index contributed by atoms with van der Waals surface area (Å²) < 4.78 is 5.78. The van der Waals surface area contributed by atoms with Crippen LogP contribution in [-0.4, -0.2) is 50.7 Å². The fourth-order valence-electron chi connectivity index (χ4n) is 3.09. The van der Waals surface area contributed by atoms with Crippen LogP contribution in [0.1, 0.15) is 12.1 Å². The fraction of sp³-hybridized carbons (Fsp3) is 0.263. The summed E-state index contributed by atoms with van der Waals surface area (Å²) in [5, 5.41) is 10.2. The molecule has 1 N–H and O–H groups in total. The Bertz CT molecular complexity index is 1010. The van der Waals surface area contributed by atoms with Gasteiger partial charge in [-0.25, -0.2) is 9.97 Å². The molecule has 0 saturated carbocycles. The highest BCUT2D eigenvalue weighted by Crippen LogP contribution is 2.28. The summed E-state index contributed by atoms with van der Waals surface area (Å²) in [7, 11) is 0. The van der Waals surface area contributed by atoms with E-state index in [1.807, 2.05) is 36.5 Å². The molecule has 3 aromatic rings. The van der Waals surface area contributed by atoms with E-state index in [0.717, 1.165) is 15.8 Å². The molecule has 7 nitrogen and oxygen atoms in total. The van der Waals surface area contributed by atoms with Crippen molar-refractivity contribution in [2.45, 2.75) is 17.4 Å². The number of aromatic amines is 1. The van der Waals surface area contributed by atoms with Crippen molar-refractivity contribution < 1.29 is 9.53 Å². The van der Waals surface area contributed by atoms with Gasteiger partial charge in [-0.3, -0.25) is 4.79 Å². The number of hydrogen-bond donors (Lipinski definition) is 1. The highest BCUT2D eigenvalue weighted by molar-refractivity contribution is 8.00. The third-order valence-corrected chi connectivity index (χ3v) is 5.49. The summed E-state index contributed by atoms with van der Waals surface area (Å²) in [4.78, 5) is 26.7. The average Bonchev–Trinajstić information content (AvgIpc) is 3.34. The van der Waals surface area contributed by atoms with Gasteiger partial charge in [0.05, 0.1) is 12.3 Å². The quantitative estimate of drug-likeness (QED) is 0.685. The number of hydrogen-bond acceptors (Lipinski definition) is 6. The summed E-state index contributed by atoms with van der Waals surface area (Å²) in [5.41, 5.74) is 1.23. The number of nitrogens with zero attached hydrogens (tertiary/aromatic N) is 4. The number of carbonyl (C=O) groups excluding carboxylic acids is 1. The number of amides is 1. The number of para-hydroxylation sites is 1. The van der Waals surface area contributed by atoms with E-state index in [4.69, 9.17) is 10.00 Å². The van der Waals surface area contributed by atoms with Gasteiger partial charge in [-0.2, -0.15) is 5.26 Å². The second-order valence-corrected chi connectivity index (χ2v) is 7.19. The highest BCUT2D eigenvalue weighted by Gasteiger charge is 2.28. The largest absolute Gasteiger partial charge is 0.470 e. The second-order valence-electron chi connectivity index (χ2n) is 6.18. The molecule has 1 atom stereocenters. The van der Waals surface area contributed by atoms with Crippen molar-refractivity contribution in [3.63, 3.8) is 0 Å². The molecule has 27 heavy (non-hydrogen) atoms. The third-order valence-electron chi connectivity index (χ3n) is 4.45. The smallest absolute Gasteiger partial charge is 0.251 e. The van der Waals surface area contributed by atoms with Crippen molar-refractivity contribution in [1.82, 2.24) is 19.9 Å². The number of aromatic nitrogens is 3. The number of ether oxygens (including phenoxy) is 1. The molecule has 1 aromatic carbocycles. The van der Waals surface area contributed by atoms with E-state index in [1.165, 1.54) is 24.2 Å². The Labute approximate surface area is 160 Å². The van der Waals surface area contributed by atoms with Crippen LogP contribution >= 0.6 is 11.8 Å². The number of thioether (sulfide) groups is 1. The van der Waals surface area contributed by atoms with E-state index in [0.29, 0.717) is 25.3 Å². The summed E-state index contributed by atoms with van der Waals surface area (Å²) >= 11 is 1.53. The highest BCUT2D eigenvalue weighted by atomic mass is 32.2. The molecule has 1 fully saturated rings. The standard InChI is InChI=1S/C19H17N5O2S/c20-9-16-19(22-7-6-21-16)26-13-5-8-24(11-13)18(25)12-27-17-10-23-15-4-2-1-3-14(15)17/h1-4,6-7,10,13,23H,5,8,11-12H2. The number of fused-ring (bicyclic) bond motifs is 1. The number of H-pyrrole nitrogens is 1. The molecule has 4 rings (SSSR count). The molecule has 2 aromatic heterocycles. The first-order valence-electron chi connectivity index (χ1n) is 8.59. The molecule has 1 aliphatic rings. The van der Waals surface area contributed by atoms with E-state index in [1.54, 1.807) is 4.90 Å². The first-order valence-corrected chi connectivity index (χ1v) is 9.57. The topological polar surface area (TPSA) is 94.9 Å². The summed E-state index contributed by atoms with van der Waals surface area (Å²) in [6, 6.07) is 10.0. The van der Waals surface area contributed by atoms with Gasteiger partial charge in [0.1, 0.15) is 12.2 Å². The van der Waals surface area contributed by atoms with Gasteiger partial charge in [0.15, 0.2) is 0 Å². The molecule has 1 amide bonds. The molecule has 0 bridgehead atoms. The molecule has 1 saturated heterocycles. The Morgan fingerprint density at radius 1 is 1.37 bits per heavy atom. The zero-order chi connectivity index (χ0) is 18.6. The first kappa shape index (κ1) is 17.4. The predicted octanol–water partition coefficient (Wildman–Crippen LogP) is 2.60. The maximum Gasteiger partial charge on any atom is 0.251 e. The van der Waals surface area contributed by atoms with Crippen LogP contribution in [0.4, 0.5) is 0 Å². The zero-order valence-corrected chi connectivity index (χ0v) is 15.3.